The second-order valence-electron chi connectivity index (χ2n) is 4.97. The van der Waals surface area contributed by atoms with Crippen molar-refractivity contribution >= 4 is 0 Å². The second kappa shape index (κ2) is 8.94. The van der Waals surface area contributed by atoms with E-state index >= 15 is 0 Å². The van der Waals surface area contributed by atoms with Gasteiger partial charge in [-0.25, -0.2) is 0 Å². The fraction of sp³-hybridized carbons (Fsp3) is 0.625. The Morgan fingerprint density at radius 3 is 2.68 bits per heavy atom. The molecule has 0 spiro atoms. The number of benzene rings is 1. The summed E-state index contributed by atoms with van der Waals surface area (Å²) in [4.78, 5) is 2.34. The molecule has 1 aromatic rings. The van der Waals surface area contributed by atoms with E-state index in [0.717, 1.165) is 32.0 Å². The molecule has 0 aliphatic rings. The monoisotopic (exact) mass is 264 g/mol. The van der Waals surface area contributed by atoms with Gasteiger partial charge in [-0.3, -0.25) is 0 Å². The van der Waals surface area contributed by atoms with Gasteiger partial charge in [0.25, 0.3) is 0 Å². The van der Waals surface area contributed by atoms with Crippen LogP contribution in [-0.2, 0) is 6.54 Å². The van der Waals surface area contributed by atoms with E-state index in [1.807, 2.05) is 6.07 Å². The summed E-state index contributed by atoms with van der Waals surface area (Å²) < 4.78 is 5.92. The lowest BCUT2D eigenvalue weighted by atomic mass is 10.2. The number of nitrogens with one attached hydrogen (secondary N) is 1. The minimum Gasteiger partial charge on any atom is -0.492 e. The van der Waals surface area contributed by atoms with E-state index in [9.17, 15) is 0 Å². The maximum Gasteiger partial charge on any atom is 0.123 e. The van der Waals surface area contributed by atoms with Gasteiger partial charge in [0.2, 0.25) is 0 Å². The minimum atomic E-state index is 0.612. The minimum absolute atomic E-state index is 0.612. The third-order valence-corrected chi connectivity index (χ3v) is 3.58. The summed E-state index contributed by atoms with van der Waals surface area (Å²) in [6, 6.07) is 8.88. The van der Waals surface area contributed by atoms with Crippen LogP contribution in [0.1, 0.15) is 32.8 Å². The molecule has 3 heteroatoms. The van der Waals surface area contributed by atoms with Crippen molar-refractivity contribution in [3.63, 3.8) is 0 Å². The van der Waals surface area contributed by atoms with E-state index in [1.165, 1.54) is 12.0 Å². The summed E-state index contributed by atoms with van der Waals surface area (Å²) in [5.41, 5.74) is 1.23. The first-order chi connectivity index (χ1) is 9.19. The topological polar surface area (TPSA) is 24.5 Å². The van der Waals surface area contributed by atoms with Crippen molar-refractivity contribution in [2.45, 2.75) is 39.8 Å². The molecule has 3 nitrogen and oxygen atoms in total. The quantitative estimate of drug-likeness (QED) is 0.742. The molecule has 0 heterocycles. The van der Waals surface area contributed by atoms with Gasteiger partial charge >= 0.3 is 0 Å². The highest BCUT2D eigenvalue weighted by atomic mass is 16.5. The van der Waals surface area contributed by atoms with E-state index in [2.05, 4.69) is 56.2 Å². The van der Waals surface area contributed by atoms with Crippen LogP contribution < -0.4 is 10.1 Å². The van der Waals surface area contributed by atoms with Crippen LogP contribution in [0, 0.1) is 0 Å². The summed E-state index contributed by atoms with van der Waals surface area (Å²) in [7, 11) is 2.15. The summed E-state index contributed by atoms with van der Waals surface area (Å²) in [5.74, 6) is 1.00. The third kappa shape index (κ3) is 5.62. The summed E-state index contributed by atoms with van der Waals surface area (Å²) in [5, 5.41) is 3.34. The SMILES string of the molecule is CCNCc1ccccc1OCCN(C)C(C)CC. The van der Waals surface area contributed by atoms with Gasteiger partial charge in [0.05, 0.1) is 0 Å². The summed E-state index contributed by atoms with van der Waals surface area (Å²) in [6.45, 7) is 10.1. The van der Waals surface area contributed by atoms with Gasteiger partial charge in [0.1, 0.15) is 12.4 Å². The van der Waals surface area contributed by atoms with Crippen LogP contribution >= 0.6 is 0 Å². The summed E-state index contributed by atoms with van der Waals surface area (Å²) in [6.07, 6.45) is 1.17. The van der Waals surface area contributed by atoms with Crippen molar-refractivity contribution < 1.29 is 4.74 Å². The second-order valence-corrected chi connectivity index (χ2v) is 4.97. The molecular formula is C16H28N2O. The van der Waals surface area contributed by atoms with E-state index in [1.54, 1.807) is 0 Å². The Bertz CT molecular complexity index is 354. The predicted molar refractivity (Wildman–Crippen MR) is 81.7 cm³/mol. The Morgan fingerprint density at radius 2 is 2.00 bits per heavy atom. The Labute approximate surface area is 118 Å². The number of rotatable bonds is 9. The maximum atomic E-state index is 5.92. The molecule has 0 radical (unpaired) electrons. The number of hydrogen-bond donors (Lipinski definition) is 1. The van der Waals surface area contributed by atoms with Crippen LogP contribution in [0.15, 0.2) is 24.3 Å². The van der Waals surface area contributed by atoms with Gasteiger partial charge < -0.3 is 15.0 Å². The Kier molecular flexibility index (Phi) is 7.53. The number of nitrogens with zero attached hydrogens (tertiary/aromatic N) is 1. The van der Waals surface area contributed by atoms with Crippen LogP contribution in [0.2, 0.25) is 0 Å². The normalized spacial score (nSPS) is 12.7. The zero-order valence-corrected chi connectivity index (χ0v) is 12.8. The highest BCUT2D eigenvalue weighted by molar-refractivity contribution is 5.33. The molecule has 0 amide bonds. The molecule has 1 aromatic carbocycles. The first kappa shape index (κ1) is 16.0. The molecule has 0 aliphatic carbocycles. The molecule has 0 bridgehead atoms. The van der Waals surface area contributed by atoms with Crippen LogP contribution in [0.4, 0.5) is 0 Å². The maximum absolute atomic E-state index is 5.92. The van der Waals surface area contributed by atoms with E-state index in [4.69, 9.17) is 4.74 Å². The summed E-state index contributed by atoms with van der Waals surface area (Å²) >= 11 is 0. The molecule has 0 aliphatic heterocycles. The lowest BCUT2D eigenvalue weighted by molar-refractivity contribution is 0.196. The molecule has 1 N–H and O–H groups in total. The van der Waals surface area contributed by atoms with Crippen molar-refractivity contribution in [1.29, 1.82) is 0 Å². The zero-order chi connectivity index (χ0) is 14.1. The molecule has 0 aromatic heterocycles. The molecule has 1 rings (SSSR count). The van der Waals surface area contributed by atoms with Crippen LogP contribution in [0.25, 0.3) is 0 Å². The Hall–Kier alpha value is -1.06. The number of likely N-dealkylation sites (N-methyl/N-ethyl adjacent to an activating group) is 1. The average molecular weight is 264 g/mol. The average Bonchev–Trinajstić information content (AvgIpc) is 2.45. The number of hydrogen-bond acceptors (Lipinski definition) is 3. The van der Waals surface area contributed by atoms with Crippen LogP contribution in [0.3, 0.4) is 0 Å². The Balaban J connectivity index is 2.44. The molecule has 1 atom stereocenters. The van der Waals surface area contributed by atoms with Gasteiger partial charge in [-0.1, -0.05) is 32.0 Å². The molecule has 0 fully saturated rings. The van der Waals surface area contributed by atoms with Crippen molar-refractivity contribution in [2.75, 3.05) is 26.7 Å². The predicted octanol–water partition coefficient (Wildman–Crippen LogP) is 2.91. The van der Waals surface area contributed by atoms with Gasteiger partial charge in [-0.05, 0) is 33.0 Å². The van der Waals surface area contributed by atoms with E-state index < -0.39 is 0 Å². The van der Waals surface area contributed by atoms with Crippen LogP contribution in [0.5, 0.6) is 5.75 Å². The van der Waals surface area contributed by atoms with E-state index in [-0.39, 0.29) is 0 Å². The Morgan fingerprint density at radius 1 is 1.26 bits per heavy atom. The molecule has 108 valence electrons. The largest absolute Gasteiger partial charge is 0.492 e. The molecule has 0 saturated heterocycles. The fourth-order valence-electron chi connectivity index (χ4n) is 1.88. The van der Waals surface area contributed by atoms with Crippen molar-refractivity contribution in [3.8, 4) is 5.75 Å². The first-order valence-corrected chi connectivity index (χ1v) is 7.30. The number of ether oxygens (including phenoxy) is 1. The van der Waals surface area contributed by atoms with Crippen molar-refractivity contribution in [2.24, 2.45) is 0 Å². The lowest BCUT2D eigenvalue weighted by Gasteiger charge is -2.23. The first-order valence-electron chi connectivity index (χ1n) is 7.30. The van der Waals surface area contributed by atoms with E-state index in [0.29, 0.717) is 6.04 Å². The highest BCUT2D eigenvalue weighted by Gasteiger charge is 2.07. The molecule has 0 saturated carbocycles. The smallest absolute Gasteiger partial charge is 0.123 e. The van der Waals surface area contributed by atoms with Crippen LogP contribution in [-0.4, -0.2) is 37.7 Å². The molecular weight excluding hydrogens is 236 g/mol. The van der Waals surface area contributed by atoms with Gasteiger partial charge in [0.15, 0.2) is 0 Å². The highest BCUT2D eigenvalue weighted by Crippen LogP contribution is 2.17. The molecule has 1 unspecified atom stereocenters. The lowest BCUT2D eigenvalue weighted by Crippen LogP contribution is -2.32. The zero-order valence-electron chi connectivity index (χ0n) is 12.8. The van der Waals surface area contributed by atoms with Crippen molar-refractivity contribution in [1.82, 2.24) is 10.2 Å². The fourth-order valence-corrected chi connectivity index (χ4v) is 1.88. The van der Waals surface area contributed by atoms with Crippen molar-refractivity contribution in [3.05, 3.63) is 29.8 Å². The standard InChI is InChI=1S/C16H28N2O/c1-5-14(3)18(4)11-12-19-16-10-8-7-9-15(16)13-17-6-2/h7-10,14,17H,5-6,11-13H2,1-4H3. The van der Waals surface area contributed by atoms with Gasteiger partial charge in [-0.15, -0.1) is 0 Å². The van der Waals surface area contributed by atoms with Gasteiger partial charge in [-0.2, -0.15) is 0 Å². The third-order valence-electron chi connectivity index (χ3n) is 3.58. The number of para-hydroxylation sites is 1. The van der Waals surface area contributed by atoms with Gasteiger partial charge in [0, 0.05) is 24.7 Å². The molecule has 19 heavy (non-hydrogen) atoms.